The summed E-state index contributed by atoms with van der Waals surface area (Å²) in [6.07, 6.45) is 0. The zero-order chi connectivity index (χ0) is 25.3. The van der Waals surface area contributed by atoms with Gasteiger partial charge in [0.2, 0.25) is 0 Å². The summed E-state index contributed by atoms with van der Waals surface area (Å²) in [5.41, 5.74) is 9.16. The van der Waals surface area contributed by atoms with Crippen molar-refractivity contribution < 1.29 is 19.4 Å². The molecule has 0 aromatic heterocycles. The summed E-state index contributed by atoms with van der Waals surface area (Å²) in [4.78, 5) is 24.8. The summed E-state index contributed by atoms with van der Waals surface area (Å²) < 4.78 is 5.70. The normalized spacial score (nSPS) is 15.4. The number of nitrogens with zero attached hydrogens (tertiary/aromatic N) is 3. The molecule has 1 atom stereocenters. The van der Waals surface area contributed by atoms with E-state index in [1.807, 2.05) is 63.2 Å². The van der Waals surface area contributed by atoms with Crippen LogP contribution in [0.2, 0.25) is 0 Å². The van der Waals surface area contributed by atoms with E-state index in [1.54, 1.807) is 37.4 Å². The van der Waals surface area contributed by atoms with Crippen LogP contribution in [0.1, 0.15) is 28.4 Å². The molecule has 1 aliphatic heterocycles. The number of carboxylic acid groups (broad SMARTS) is 1. The third-order valence-corrected chi connectivity index (χ3v) is 6.15. The molecule has 0 bridgehead atoms. The lowest BCUT2D eigenvalue weighted by molar-refractivity contribution is -0.120. The number of nitrogens with one attached hydrogen (secondary N) is 1. The van der Waals surface area contributed by atoms with E-state index >= 15 is 0 Å². The van der Waals surface area contributed by atoms with Crippen LogP contribution in [-0.4, -0.2) is 47.9 Å². The number of aryl methyl sites for hydroxylation is 2. The van der Waals surface area contributed by atoms with Gasteiger partial charge in [0.05, 0.1) is 29.8 Å². The molecule has 1 amide bonds. The van der Waals surface area contributed by atoms with Gasteiger partial charge in [0, 0.05) is 12.6 Å². The van der Waals surface area contributed by atoms with E-state index < -0.39 is 12.0 Å². The fourth-order valence-corrected chi connectivity index (χ4v) is 4.19. The van der Waals surface area contributed by atoms with Crippen molar-refractivity contribution in [2.75, 3.05) is 24.6 Å². The third-order valence-electron chi connectivity index (χ3n) is 6.15. The van der Waals surface area contributed by atoms with E-state index in [4.69, 9.17) is 4.74 Å². The highest BCUT2D eigenvalue weighted by Gasteiger charge is 2.38. The van der Waals surface area contributed by atoms with Gasteiger partial charge in [-0.2, -0.15) is 10.1 Å². The van der Waals surface area contributed by atoms with Crippen LogP contribution in [0.15, 0.2) is 65.8 Å². The smallest absolute Gasteiger partial charge is 0.335 e. The summed E-state index contributed by atoms with van der Waals surface area (Å²) in [5, 5.41) is 17.0. The van der Waals surface area contributed by atoms with Crippen molar-refractivity contribution in [2.45, 2.75) is 26.8 Å². The number of ether oxygens (including phenoxy) is 1. The average Bonchev–Trinajstić information content (AvgIpc) is 3.14. The van der Waals surface area contributed by atoms with Crippen molar-refractivity contribution in [2.24, 2.45) is 5.10 Å². The lowest BCUT2D eigenvalue weighted by Gasteiger charge is -2.27. The molecule has 1 aliphatic rings. The molecule has 8 nitrogen and oxygen atoms in total. The van der Waals surface area contributed by atoms with E-state index in [0.717, 1.165) is 22.4 Å². The number of hydrogen-bond donors (Lipinski definition) is 2. The Balaban J connectivity index is 1.61. The number of rotatable bonds is 7. The molecular formula is C27H28N4O4. The number of carbonyl (C=O) groups excluding carboxylic acids is 1. The van der Waals surface area contributed by atoms with Crippen LogP contribution >= 0.6 is 0 Å². The topological polar surface area (TPSA) is 94.5 Å². The number of benzene rings is 3. The number of carbonyl (C=O) groups is 2. The van der Waals surface area contributed by atoms with Crippen LogP contribution in [0.3, 0.4) is 0 Å². The Kier molecular flexibility index (Phi) is 6.57. The number of para-hydroxylation sites is 1. The Bertz CT molecular complexity index is 1330. The van der Waals surface area contributed by atoms with Crippen LogP contribution in [0.5, 0.6) is 5.75 Å². The first-order valence-electron chi connectivity index (χ1n) is 11.2. The number of aromatic carboxylic acids is 1. The molecule has 0 saturated heterocycles. The van der Waals surface area contributed by atoms with Gasteiger partial charge in [0.25, 0.3) is 5.91 Å². The van der Waals surface area contributed by atoms with E-state index in [-0.39, 0.29) is 11.5 Å². The van der Waals surface area contributed by atoms with Gasteiger partial charge < -0.3 is 15.3 Å². The lowest BCUT2D eigenvalue weighted by atomic mass is 10.0. The van der Waals surface area contributed by atoms with Crippen LogP contribution in [0.4, 0.5) is 11.4 Å². The molecule has 1 heterocycles. The minimum atomic E-state index is -0.998. The number of amides is 1. The van der Waals surface area contributed by atoms with Crippen LogP contribution in [0.25, 0.3) is 11.1 Å². The van der Waals surface area contributed by atoms with Gasteiger partial charge in [-0.3, -0.25) is 4.79 Å². The highest BCUT2D eigenvalue weighted by atomic mass is 16.5. The molecule has 3 aromatic rings. The summed E-state index contributed by atoms with van der Waals surface area (Å²) in [6.45, 7) is 5.86. The lowest BCUT2D eigenvalue weighted by Crippen LogP contribution is -2.46. The molecule has 35 heavy (non-hydrogen) atoms. The summed E-state index contributed by atoms with van der Waals surface area (Å²) >= 11 is 0. The maximum Gasteiger partial charge on any atom is 0.335 e. The minimum absolute atomic E-state index is 0.162. The Hall–Kier alpha value is -4.17. The molecule has 0 saturated carbocycles. The number of hydrazine groups is 1. The third kappa shape index (κ3) is 4.61. The maximum atomic E-state index is 13.3. The van der Waals surface area contributed by atoms with Crippen molar-refractivity contribution in [3.05, 3.63) is 77.4 Å². The summed E-state index contributed by atoms with van der Waals surface area (Å²) in [7, 11) is 3.34. The fourth-order valence-electron chi connectivity index (χ4n) is 4.19. The summed E-state index contributed by atoms with van der Waals surface area (Å²) in [6, 6.07) is 17.4. The maximum absolute atomic E-state index is 13.3. The monoisotopic (exact) mass is 472 g/mol. The van der Waals surface area contributed by atoms with Crippen LogP contribution in [-0.2, 0) is 4.79 Å². The minimum Gasteiger partial charge on any atom is -0.494 e. The fraction of sp³-hybridized carbons (Fsp3) is 0.222. The van der Waals surface area contributed by atoms with Crippen LogP contribution in [0, 0.1) is 13.8 Å². The highest BCUT2D eigenvalue weighted by molar-refractivity contribution is 6.18. The summed E-state index contributed by atoms with van der Waals surface area (Å²) in [5.74, 6) is -0.624. The molecule has 180 valence electrons. The highest BCUT2D eigenvalue weighted by Crippen LogP contribution is 2.37. The zero-order valence-electron chi connectivity index (χ0n) is 20.4. The molecule has 0 fully saturated rings. The number of anilines is 2. The van der Waals surface area contributed by atoms with E-state index in [2.05, 4.69) is 10.5 Å². The van der Waals surface area contributed by atoms with E-state index in [1.165, 1.54) is 5.01 Å². The second-order valence-corrected chi connectivity index (χ2v) is 8.56. The standard InChI is InChI=1S/C27H28N4O4/c1-16-12-13-21(14-17(16)2)31-26(32)24(18(3)28-31)30(4)29-23-11-7-10-22(25(23)35-5)19-8-6-9-20(15-19)27(33)34/h6-15,24,29H,1-5H3,(H,33,34). The molecule has 2 N–H and O–H groups in total. The predicted octanol–water partition coefficient (Wildman–Crippen LogP) is 4.73. The van der Waals surface area contributed by atoms with Crippen molar-refractivity contribution in [1.29, 1.82) is 0 Å². The van der Waals surface area contributed by atoms with E-state index in [9.17, 15) is 14.7 Å². The van der Waals surface area contributed by atoms with Crippen LogP contribution < -0.4 is 15.2 Å². The second kappa shape index (κ2) is 9.60. The Morgan fingerprint density at radius 2 is 1.80 bits per heavy atom. The van der Waals surface area contributed by atoms with Gasteiger partial charge >= 0.3 is 5.97 Å². The molecule has 3 aromatic carbocycles. The first-order chi connectivity index (χ1) is 16.7. The van der Waals surface area contributed by atoms with Crippen molar-refractivity contribution in [1.82, 2.24) is 5.01 Å². The van der Waals surface area contributed by atoms with Gasteiger partial charge in [0.15, 0.2) is 5.75 Å². The number of methoxy groups -OCH3 is 1. The Morgan fingerprint density at radius 1 is 1.06 bits per heavy atom. The van der Waals surface area contributed by atoms with Crippen molar-refractivity contribution >= 4 is 29.0 Å². The molecule has 4 rings (SSSR count). The quantitative estimate of drug-likeness (QED) is 0.483. The molecule has 0 radical (unpaired) electrons. The van der Waals surface area contributed by atoms with Gasteiger partial charge in [-0.25, -0.2) is 9.80 Å². The Labute approximate surface area is 204 Å². The van der Waals surface area contributed by atoms with Crippen molar-refractivity contribution in [3.63, 3.8) is 0 Å². The SMILES string of the molecule is COc1c(NN(C)C2C(=O)N(c3ccc(C)c(C)c3)N=C2C)cccc1-c1cccc(C(=O)O)c1. The number of hydrogen-bond acceptors (Lipinski definition) is 6. The number of carboxylic acids is 1. The predicted molar refractivity (Wildman–Crippen MR) is 137 cm³/mol. The van der Waals surface area contributed by atoms with Gasteiger partial charge in [-0.05, 0) is 67.8 Å². The second-order valence-electron chi connectivity index (χ2n) is 8.56. The molecule has 0 aliphatic carbocycles. The number of hydrazone groups is 1. The largest absolute Gasteiger partial charge is 0.494 e. The first-order valence-corrected chi connectivity index (χ1v) is 11.2. The molecular weight excluding hydrogens is 444 g/mol. The van der Waals surface area contributed by atoms with Gasteiger partial charge in [-0.1, -0.05) is 30.3 Å². The molecule has 1 unspecified atom stereocenters. The number of likely N-dealkylation sites (N-methyl/N-ethyl adjacent to an activating group) is 1. The average molecular weight is 473 g/mol. The first kappa shape index (κ1) is 24.0. The van der Waals surface area contributed by atoms with Gasteiger partial charge in [-0.15, -0.1) is 0 Å². The van der Waals surface area contributed by atoms with E-state index in [0.29, 0.717) is 22.7 Å². The zero-order valence-corrected chi connectivity index (χ0v) is 20.4. The Morgan fingerprint density at radius 3 is 2.49 bits per heavy atom. The van der Waals surface area contributed by atoms with Crippen molar-refractivity contribution in [3.8, 4) is 16.9 Å². The van der Waals surface area contributed by atoms with Gasteiger partial charge in [0.1, 0.15) is 6.04 Å². The molecule has 0 spiro atoms. The molecule has 8 heteroatoms.